The van der Waals surface area contributed by atoms with Gasteiger partial charge in [0.25, 0.3) is 5.91 Å². The summed E-state index contributed by atoms with van der Waals surface area (Å²) in [6, 6.07) is 0. The van der Waals surface area contributed by atoms with E-state index in [-0.39, 0.29) is 5.91 Å². The predicted octanol–water partition coefficient (Wildman–Crippen LogP) is 3.32. The SMILES string of the molecule is Cc1nc(C(C)C)sc1C(=O)N1CCC[C@H](c2ncc[nH]2)C1. The van der Waals surface area contributed by atoms with Crippen molar-refractivity contribution in [3.05, 3.63) is 33.8 Å². The van der Waals surface area contributed by atoms with Crippen LogP contribution in [0.5, 0.6) is 0 Å². The number of nitrogens with one attached hydrogen (secondary N) is 1. The first kappa shape index (κ1) is 15.2. The fourth-order valence-electron chi connectivity index (χ4n) is 2.89. The van der Waals surface area contributed by atoms with Gasteiger partial charge < -0.3 is 9.88 Å². The molecule has 2 aromatic heterocycles. The number of amides is 1. The molecule has 0 unspecified atom stereocenters. The lowest BCUT2D eigenvalue weighted by Crippen LogP contribution is -2.39. The van der Waals surface area contributed by atoms with Crippen molar-refractivity contribution in [3.8, 4) is 0 Å². The van der Waals surface area contributed by atoms with E-state index in [1.54, 1.807) is 17.5 Å². The van der Waals surface area contributed by atoms with Gasteiger partial charge in [-0.1, -0.05) is 13.8 Å². The maximum atomic E-state index is 12.8. The number of carbonyl (C=O) groups excluding carboxylic acids is 1. The molecule has 3 rings (SSSR count). The summed E-state index contributed by atoms with van der Waals surface area (Å²) in [5, 5.41) is 1.04. The summed E-state index contributed by atoms with van der Waals surface area (Å²) >= 11 is 1.54. The summed E-state index contributed by atoms with van der Waals surface area (Å²) in [5.74, 6) is 1.78. The number of thiazole rings is 1. The van der Waals surface area contributed by atoms with E-state index in [0.717, 1.165) is 47.3 Å². The largest absolute Gasteiger partial charge is 0.348 e. The van der Waals surface area contributed by atoms with Crippen LogP contribution in [0.2, 0.25) is 0 Å². The standard InChI is InChI=1S/C16H22N4OS/c1-10(2)15-19-11(3)13(22-15)16(21)20-8-4-5-12(9-20)14-17-6-7-18-14/h6-7,10,12H,4-5,8-9H2,1-3H3,(H,17,18)/t12-/m0/s1. The number of hydrogen-bond acceptors (Lipinski definition) is 4. The van der Waals surface area contributed by atoms with E-state index in [2.05, 4.69) is 28.8 Å². The number of rotatable bonds is 3. The molecule has 5 nitrogen and oxygen atoms in total. The van der Waals surface area contributed by atoms with Gasteiger partial charge in [-0.25, -0.2) is 9.97 Å². The first-order chi connectivity index (χ1) is 10.6. The third kappa shape index (κ3) is 2.92. The topological polar surface area (TPSA) is 61.9 Å². The van der Waals surface area contributed by atoms with Gasteiger partial charge in [0.05, 0.1) is 10.7 Å². The molecular formula is C16H22N4OS. The highest BCUT2D eigenvalue weighted by molar-refractivity contribution is 7.13. The second-order valence-corrected chi connectivity index (χ2v) is 7.22. The molecule has 0 aliphatic carbocycles. The van der Waals surface area contributed by atoms with Crippen LogP contribution in [0.25, 0.3) is 0 Å². The smallest absolute Gasteiger partial charge is 0.265 e. The van der Waals surface area contributed by atoms with Crippen LogP contribution in [0.1, 0.15) is 64.7 Å². The van der Waals surface area contributed by atoms with Gasteiger partial charge in [0.2, 0.25) is 0 Å². The van der Waals surface area contributed by atoms with Crippen molar-refractivity contribution in [3.63, 3.8) is 0 Å². The van der Waals surface area contributed by atoms with Gasteiger partial charge in [0.15, 0.2) is 0 Å². The van der Waals surface area contributed by atoms with Crippen molar-refractivity contribution in [2.45, 2.75) is 45.4 Å². The van der Waals surface area contributed by atoms with Crippen LogP contribution in [-0.2, 0) is 0 Å². The number of aryl methyl sites for hydroxylation is 1. The second-order valence-electron chi connectivity index (χ2n) is 6.19. The lowest BCUT2D eigenvalue weighted by molar-refractivity contribution is 0.0709. The summed E-state index contributed by atoms with van der Waals surface area (Å²) in [4.78, 5) is 27.7. The highest BCUT2D eigenvalue weighted by Crippen LogP contribution is 2.29. The van der Waals surface area contributed by atoms with Gasteiger partial charge in [0.1, 0.15) is 10.7 Å². The molecule has 3 heterocycles. The van der Waals surface area contributed by atoms with Crippen molar-refractivity contribution >= 4 is 17.2 Å². The highest BCUT2D eigenvalue weighted by atomic mass is 32.1. The van der Waals surface area contributed by atoms with Gasteiger partial charge in [-0.3, -0.25) is 4.79 Å². The Bertz CT molecular complexity index is 647. The number of hydrogen-bond donors (Lipinski definition) is 1. The third-order valence-corrected chi connectivity index (χ3v) is 5.56. The number of aromatic nitrogens is 3. The lowest BCUT2D eigenvalue weighted by Gasteiger charge is -2.31. The molecule has 1 saturated heterocycles. The van der Waals surface area contributed by atoms with E-state index in [9.17, 15) is 4.79 Å². The molecule has 1 aliphatic heterocycles. The van der Waals surface area contributed by atoms with E-state index < -0.39 is 0 Å². The van der Waals surface area contributed by atoms with E-state index >= 15 is 0 Å². The molecule has 1 aliphatic rings. The molecule has 118 valence electrons. The number of imidazole rings is 1. The van der Waals surface area contributed by atoms with Gasteiger partial charge >= 0.3 is 0 Å². The maximum Gasteiger partial charge on any atom is 0.265 e. The van der Waals surface area contributed by atoms with Crippen LogP contribution in [0.15, 0.2) is 12.4 Å². The quantitative estimate of drug-likeness (QED) is 0.944. The first-order valence-electron chi connectivity index (χ1n) is 7.82. The van der Waals surface area contributed by atoms with E-state index in [4.69, 9.17) is 0 Å². The monoisotopic (exact) mass is 318 g/mol. The first-order valence-corrected chi connectivity index (χ1v) is 8.63. The Balaban J connectivity index is 1.77. The zero-order valence-electron chi connectivity index (χ0n) is 13.3. The van der Waals surface area contributed by atoms with E-state index in [1.807, 2.05) is 18.0 Å². The Morgan fingerprint density at radius 3 is 2.95 bits per heavy atom. The Hall–Kier alpha value is -1.69. The van der Waals surface area contributed by atoms with Crippen LogP contribution in [0.3, 0.4) is 0 Å². The minimum atomic E-state index is 0.123. The third-order valence-electron chi connectivity index (χ3n) is 4.12. The summed E-state index contributed by atoms with van der Waals surface area (Å²) in [6.07, 6.45) is 5.72. The average molecular weight is 318 g/mol. The number of H-pyrrole nitrogens is 1. The molecule has 1 N–H and O–H groups in total. The highest BCUT2D eigenvalue weighted by Gasteiger charge is 2.29. The minimum absolute atomic E-state index is 0.123. The zero-order chi connectivity index (χ0) is 15.7. The fraction of sp³-hybridized carbons (Fsp3) is 0.562. The second kappa shape index (κ2) is 6.20. The molecule has 1 amide bonds. The lowest BCUT2D eigenvalue weighted by atomic mass is 9.97. The van der Waals surface area contributed by atoms with E-state index in [1.165, 1.54) is 0 Å². The summed E-state index contributed by atoms with van der Waals surface area (Å²) in [7, 11) is 0. The molecule has 1 atom stereocenters. The van der Waals surface area contributed by atoms with Crippen molar-refractivity contribution in [1.29, 1.82) is 0 Å². The van der Waals surface area contributed by atoms with E-state index in [0.29, 0.717) is 11.8 Å². The molecule has 0 aromatic carbocycles. The van der Waals surface area contributed by atoms with Gasteiger partial charge in [-0.05, 0) is 19.8 Å². The molecular weight excluding hydrogens is 296 g/mol. The molecule has 0 bridgehead atoms. The van der Waals surface area contributed by atoms with Crippen LogP contribution < -0.4 is 0 Å². The van der Waals surface area contributed by atoms with Crippen molar-refractivity contribution in [1.82, 2.24) is 19.9 Å². The normalized spacial score (nSPS) is 18.9. The van der Waals surface area contributed by atoms with Gasteiger partial charge in [0, 0.05) is 37.3 Å². The number of nitrogens with zero attached hydrogens (tertiary/aromatic N) is 3. The maximum absolute atomic E-state index is 12.8. The Labute approximate surface area is 134 Å². The van der Waals surface area contributed by atoms with Crippen molar-refractivity contribution < 1.29 is 4.79 Å². The van der Waals surface area contributed by atoms with Crippen molar-refractivity contribution in [2.24, 2.45) is 0 Å². The van der Waals surface area contributed by atoms with Gasteiger partial charge in [-0.15, -0.1) is 11.3 Å². The number of piperidine rings is 1. The van der Waals surface area contributed by atoms with Crippen LogP contribution >= 0.6 is 11.3 Å². The number of carbonyl (C=O) groups is 1. The van der Waals surface area contributed by atoms with Crippen LogP contribution in [-0.4, -0.2) is 38.8 Å². The molecule has 1 fully saturated rings. The zero-order valence-corrected chi connectivity index (χ0v) is 14.1. The molecule has 0 spiro atoms. The fourth-order valence-corrected chi connectivity index (χ4v) is 3.93. The summed E-state index contributed by atoms with van der Waals surface area (Å²) < 4.78 is 0. The Morgan fingerprint density at radius 1 is 1.50 bits per heavy atom. The van der Waals surface area contributed by atoms with Gasteiger partial charge in [-0.2, -0.15) is 0 Å². The molecule has 2 aromatic rings. The molecule has 22 heavy (non-hydrogen) atoms. The van der Waals surface area contributed by atoms with Crippen LogP contribution in [0, 0.1) is 6.92 Å². The predicted molar refractivity (Wildman–Crippen MR) is 87.4 cm³/mol. The summed E-state index contributed by atoms with van der Waals surface area (Å²) in [5.41, 5.74) is 0.860. The van der Waals surface area contributed by atoms with Crippen molar-refractivity contribution in [2.75, 3.05) is 13.1 Å². The van der Waals surface area contributed by atoms with Crippen LogP contribution in [0.4, 0.5) is 0 Å². The minimum Gasteiger partial charge on any atom is -0.348 e. The molecule has 0 radical (unpaired) electrons. The molecule has 6 heteroatoms. The number of aromatic amines is 1. The molecule has 0 saturated carbocycles. The number of likely N-dealkylation sites (tertiary alicyclic amines) is 1. The average Bonchev–Trinajstić information content (AvgIpc) is 3.16. The summed E-state index contributed by atoms with van der Waals surface area (Å²) in [6.45, 7) is 7.72. The Kier molecular flexibility index (Phi) is 4.29. The Morgan fingerprint density at radius 2 is 2.32 bits per heavy atom.